The summed E-state index contributed by atoms with van der Waals surface area (Å²) in [6.45, 7) is 1.84. The molecule has 0 saturated carbocycles. The van der Waals surface area contributed by atoms with Crippen molar-refractivity contribution in [2.75, 3.05) is 5.32 Å². The van der Waals surface area contributed by atoms with Crippen LogP contribution in [0.4, 0.5) is 5.69 Å². The summed E-state index contributed by atoms with van der Waals surface area (Å²) in [7, 11) is 0. The number of benzene rings is 1. The molecular formula is C11H11NO3. The first-order valence-corrected chi connectivity index (χ1v) is 4.75. The normalized spacial score (nSPS) is 19.5. The molecule has 0 aromatic heterocycles. The highest BCUT2D eigenvalue weighted by atomic mass is 16.5. The van der Waals surface area contributed by atoms with E-state index in [0.717, 1.165) is 6.29 Å². The number of rotatable bonds is 1. The molecule has 1 atom stereocenters. The largest absolute Gasteiger partial charge is 0.488 e. The first kappa shape index (κ1) is 9.71. The van der Waals surface area contributed by atoms with Gasteiger partial charge in [-0.2, -0.15) is 0 Å². The van der Waals surface area contributed by atoms with Crippen LogP contribution >= 0.6 is 0 Å². The predicted octanol–water partition coefficient (Wildman–Crippen LogP) is 1.61. The quantitative estimate of drug-likeness (QED) is 0.708. The minimum Gasteiger partial charge on any atom is -0.488 e. The molecule has 0 fully saturated rings. The van der Waals surface area contributed by atoms with Gasteiger partial charge in [-0.25, -0.2) is 0 Å². The number of hydrogen-bond acceptors (Lipinski definition) is 3. The maximum Gasteiger partial charge on any atom is 0.228 e. The third-order valence-corrected chi connectivity index (χ3v) is 2.21. The maximum absolute atomic E-state index is 11.4. The Bertz CT molecular complexity index is 414. The summed E-state index contributed by atoms with van der Waals surface area (Å²) in [5.41, 5.74) is 1.08. The van der Waals surface area contributed by atoms with Crippen molar-refractivity contribution >= 4 is 17.9 Å². The first-order valence-electron chi connectivity index (χ1n) is 4.75. The van der Waals surface area contributed by atoms with Crippen LogP contribution in [0.5, 0.6) is 5.75 Å². The molecule has 1 amide bonds. The summed E-state index contributed by atoms with van der Waals surface area (Å²) in [4.78, 5) is 21.9. The predicted molar refractivity (Wildman–Crippen MR) is 55.2 cm³/mol. The van der Waals surface area contributed by atoms with Crippen LogP contribution < -0.4 is 10.1 Å². The highest BCUT2D eigenvalue weighted by Crippen LogP contribution is 2.29. The fourth-order valence-electron chi connectivity index (χ4n) is 1.54. The Morgan fingerprint density at radius 1 is 1.53 bits per heavy atom. The van der Waals surface area contributed by atoms with Gasteiger partial charge in [0.25, 0.3) is 0 Å². The lowest BCUT2D eigenvalue weighted by Gasteiger charge is -2.10. The van der Waals surface area contributed by atoms with Gasteiger partial charge in [0.15, 0.2) is 0 Å². The number of nitrogens with one attached hydrogen (secondary N) is 1. The molecule has 1 aliphatic rings. The van der Waals surface area contributed by atoms with Crippen LogP contribution in [0.25, 0.3) is 0 Å². The molecule has 1 unspecified atom stereocenters. The number of anilines is 1. The van der Waals surface area contributed by atoms with Gasteiger partial charge >= 0.3 is 0 Å². The van der Waals surface area contributed by atoms with E-state index in [1.807, 2.05) is 6.92 Å². The number of carbonyl (C=O) groups is 2. The van der Waals surface area contributed by atoms with Gasteiger partial charge in [0.05, 0.1) is 12.1 Å². The van der Waals surface area contributed by atoms with E-state index in [4.69, 9.17) is 4.74 Å². The number of carbonyl (C=O) groups excluding carboxylic acids is 2. The Morgan fingerprint density at radius 2 is 2.33 bits per heavy atom. The Kier molecular flexibility index (Phi) is 2.41. The van der Waals surface area contributed by atoms with E-state index >= 15 is 0 Å². The smallest absolute Gasteiger partial charge is 0.228 e. The second-order valence-electron chi connectivity index (χ2n) is 3.55. The topological polar surface area (TPSA) is 55.4 Å². The SMILES string of the molecule is CC1CC(=O)Nc2cc(C=O)ccc2O1. The molecule has 0 bridgehead atoms. The van der Waals surface area contributed by atoms with Crippen LogP contribution in [-0.2, 0) is 4.79 Å². The molecule has 4 heteroatoms. The van der Waals surface area contributed by atoms with Crippen molar-refractivity contribution in [1.82, 2.24) is 0 Å². The molecule has 0 radical (unpaired) electrons. The van der Waals surface area contributed by atoms with E-state index in [2.05, 4.69) is 5.32 Å². The second-order valence-corrected chi connectivity index (χ2v) is 3.55. The molecule has 4 nitrogen and oxygen atoms in total. The van der Waals surface area contributed by atoms with Crippen molar-refractivity contribution in [3.8, 4) is 5.75 Å². The fraction of sp³-hybridized carbons (Fsp3) is 0.273. The molecule has 1 aliphatic heterocycles. The number of hydrogen-bond donors (Lipinski definition) is 1. The number of amides is 1. The zero-order valence-electron chi connectivity index (χ0n) is 8.32. The molecule has 1 aromatic carbocycles. The van der Waals surface area contributed by atoms with Crippen LogP contribution in [-0.4, -0.2) is 18.3 Å². The molecular weight excluding hydrogens is 194 g/mol. The van der Waals surface area contributed by atoms with E-state index in [-0.39, 0.29) is 12.0 Å². The molecule has 2 rings (SSSR count). The van der Waals surface area contributed by atoms with Crippen molar-refractivity contribution in [3.63, 3.8) is 0 Å². The number of aldehydes is 1. The molecule has 1 heterocycles. The van der Waals surface area contributed by atoms with E-state index in [9.17, 15) is 9.59 Å². The molecule has 1 aromatic rings. The van der Waals surface area contributed by atoms with Crippen LogP contribution in [0.3, 0.4) is 0 Å². The van der Waals surface area contributed by atoms with Gasteiger partial charge in [-0.15, -0.1) is 0 Å². The average molecular weight is 205 g/mol. The minimum atomic E-state index is -0.145. The van der Waals surface area contributed by atoms with E-state index in [1.54, 1.807) is 18.2 Å². The van der Waals surface area contributed by atoms with Crippen LogP contribution in [0.15, 0.2) is 18.2 Å². The van der Waals surface area contributed by atoms with Crippen molar-refractivity contribution in [2.24, 2.45) is 0 Å². The molecule has 0 saturated heterocycles. The summed E-state index contributed by atoms with van der Waals surface area (Å²) >= 11 is 0. The Balaban J connectivity index is 2.42. The molecule has 15 heavy (non-hydrogen) atoms. The summed E-state index contributed by atoms with van der Waals surface area (Å²) in [6.07, 6.45) is 0.916. The van der Waals surface area contributed by atoms with Crippen molar-refractivity contribution in [1.29, 1.82) is 0 Å². The summed E-state index contributed by atoms with van der Waals surface area (Å²) in [5.74, 6) is 0.517. The average Bonchev–Trinajstić information content (AvgIpc) is 2.33. The van der Waals surface area contributed by atoms with Gasteiger partial charge < -0.3 is 10.1 Å². The Labute approximate surface area is 87.2 Å². The zero-order chi connectivity index (χ0) is 10.8. The summed E-state index contributed by atoms with van der Waals surface area (Å²) in [5, 5.41) is 2.70. The van der Waals surface area contributed by atoms with Gasteiger partial charge in [0, 0.05) is 5.56 Å². The van der Waals surface area contributed by atoms with Crippen molar-refractivity contribution in [2.45, 2.75) is 19.4 Å². The maximum atomic E-state index is 11.4. The van der Waals surface area contributed by atoms with Gasteiger partial charge in [-0.1, -0.05) is 0 Å². The highest BCUT2D eigenvalue weighted by molar-refractivity contribution is 5.94. The molecule has 0 spiro atoms. The highest BCUT2D eigenvalue weighted by Gasteiger charge is 2.19. The van der Waals surface area contributed by atoms with E-state index in [0.29, 0.717) is 23.4 Å². The second kappa shape index (κ2) is 3.73. The zero-order valence-corrected chi connectivity index (χ0v) is 8.32. The van der Waals surface area contributed by atoms with Crippen molar-refractivity contribution < 1.29 is 14.3 Å². The molecule has 0 aliphatic carbocycles. The van der Waals surface area contributed by atoms with Gasteiger partial charge in [-0.05, 0) is 25.1 Å². The first-order chi connectivity index (χ1) is 7.19. The van der Waals surface area contributed by atoms with Crippen LogP contribution in [0.1, 0.15) is 23.7 Å². The summed E-state index contributed by atoms with van der Waals surface area (Å²) in [6, 6.07) is 4.97. The van der Waals surface area contributed by atoms with E-state index < -0.39 is 0 Å². The van der Waals surface area contributed by atoms with Gasteiger partial charge in [0.2, 0.25) is 5.91 Å². The molecule has 1 N–H and O–H groups in total. The minimum absolute atomic E-state index is 0.0932. The standard InChI is InChI=1S/C11H11NO3/c1-7-4-11(14)12-9-5-8(6-13)2-3-10(9)15-7/h2-3,5-7H,4H2,1H3,(H,12,14). The Hall–Kier alpha value is -1.84. The Morgan fingerprint density at radius 3 is 3.07 bits per heavy atom. The lowest BCUT2D eigenvalue weighted by Crippen LogP contribution is -2.17. The van der Waals surface area contributed by atoms with Crippen molar-refractivity contribution in [3.05, 3.63) is 23.8 Å². The third-order valence-electron chi connectivity index (χ3n) is 2.21. The molecule has 78 valence electrons. The lowest BCUT2D eigenvalue weighted by atomic mass is 10.2. The van der Waals surface area contributed by atoms with Gasteiger partial charge in [0.1, 0.15) is 18.1 Å². The number of ether oxygens (including phenoxy) is 1. The van der Waals surface area contributed by atoms with Crippen LogP contribution in [0.2, 0.25) is 0 Å². The number of fused-ring (bicyclic) bond motifs is 1. The fourth-order valence-corrected chi connectivity index (χ4v) is 1.54. The summed E-state index contributed by atoms with van der Waals surface area (Å²) < 4.78 is 5.53. The van der Waals surface area contributed by atoms with Gasteiger partial charge in [-0.3, -0.25) is 9.59 Å². The third kappa shape index (κ3) is 1.98. The monoisotopic (exact) mass is 205 g/mol. The van der Waals surface area contributed by atoms with E-state index in [1.165, 1.54) is 0 Å². The van der Waals surface area contributed by atoms with Crippen LogP contribution in [0, 0.1) is 0 Å². The lowest BCUT2D eigenvalue weighted by molar-refractivity contribution is -0.117.